The highest BCUT2D eigenvalue weighted by Crippen LogP contribution is 2.22. The molecule has 9 heteroatoms. The Morgan fingerprint density at radius 3 is 2.42 bits per heavy atom. The van der Waals surface area contributed by atoms with Crippen molar-refractivity contribution in [3.8, 4) is 0 Å². The van der Waals surface area contributed by atoms with Gasteiger partial charge in [-0.15, -0.1) is 0 Å². The van der Waals surface area contributed by atoms with E-state index in [1.54, 1.807) is 6.92 Å². The molecule has 0 saturated carbocycles. The fourth-order valence-electron chi connectivity index (χ4n) is 3.37. The van der Waals surface area contributed by atoms with Gasteiger partial charge in [0.05, 0.1) is 11.9 Å². The molecule has 0 saturated heterocycles. The van der Waals surface area contributed by atoms with Gasteiger partial charge in [-0.05, 0) is 38.0 Å². The number of amides is 2. The highest BCUT2D eigenvalue weighted by atomic mass is 32.2. The second kappa shape index (κ2) is 11.8. The van der Waals surface area contributed by atoms with Crippen LogP contribution in [0.15, 0.2) is 48.5 Å². The summed E-state index contributed by atoms with van der Waals surface area (Å²) in [7, 11) is -3.97. The van der Waals surface area contributed by atoms with Gasteiger partial charge in [-0.2, -0.15) is 0 Å². The molecule has 1 atom stereocenters. The Morgan fingerprint density at radius 2 is 1.82 bits per heavy atom. The summed E-state index contributed by atoms with van der Waals surface area (Å²) in [4.78, 5) is 27.4. The first-order valence-corrected chi connectivity index (χ1v) is 12.7. The van der Waals surface area contributed by atoms with Gasteiger partial charge in [0.25, 0.3) is 0 Å². The quantitative estimate of drug-likeness (QED) is 0.504. The molecule has 2 rings (SSSR count). The van der Waals surface area contributed by atoms with Crippen LogP contribution in [0.1, 0.15) is 37.8 Å². The van der Waals surface area contributed by atoms with E-state index < -0.39 is 34.3 Å². The Balaban J connectivity index is 2.36. The molecule has 2 aromatic carbocycles. The van der Waals surface area contributed by atoms with Gasteiger partial charge < -0.3 is 10.2 Å². The molecular formula is C24H32FN3O4S. The molecule has 0 aliphatic carbocycles. The fourth-order valence-corrected chi connectivity index (χ4v) is 4.22. The van der Waals surface area contributed by atoms with Crippen LogP contribution in [0.3, 0.4) is 0 Å². The van der Waals surface area contributed by atoms with Gasteiger partial charge in [0, 0.05) is 13.1 Å². The summed E-state index contributed by atoms with van der Waals surface area (Å²) in [5.74, 6) is -1.70. The average Bonchev–Trinajstić information content (AvgIpc) is 2.75. The maximum Gasteiger partial charge on any atom is 0.244 e. The molecule has 0 aromatic heterocycles. The van der Waals surface area contributed by atoms with Crippen LogP contribution in [0.4, 0.5) is 10.1 Å². The number of carbonyl (C=O) groups is 2. The number of sulfonamides is 1. The number of unbranched alkanes of at least 4 members (excludes halogenated alkanes) is 1. The molecule has 0 fully saturated rings. The van der Waals surface area contributed by atoms with Gasteiger partial charge in [0.2, 0.25) is 21.8 Å². The summed E-state index contributed by atoms with van der Waals surface area (Å²) in [6, 6.07) is 12.0. The predicted molar refractivity (Wildman–Crippen MR) is 128 cm³/mol. The van der Waals surface area contributed by atoms with E-state index in [1.165, 1.54) is 23.1 Å². The second-order valence-electron chi connectivity index (χ2n) is 8.05. The summed E-state index contributed by atoms with van der Waals surface area (Å²) in [6.45, 7) is 5.49. The second-order valence-corrected chi connectivity index (χ2v) is 9.96. The maximum atomic E-state index is 14.4. The SMILES string of the molecule is CCCCNC(=O)C(C)N(Cc1cccc(C)c1)C(=O)CN(c1ccccc1F)S(C)(=O)=O. The van der Waals surface area contributed by atoms with Gasteiger partial charge in [-0.1, -0.05) is 55.3 Å². The zero-order valence-corrected chi connectivity index (χ0v) is 20.4. The Hall–Kier alpha value is -2.94. The van der Waals surface area contributed by atoms with E-state index in [0.717, 1.165) is 40.6 Å². The van der Waals surface area contributed by atoms with Crippen LogP contribution in [-0.2, 0) is 26.2 Å². The molecule has 0 aliphatic heterocycles. The fraction of sp³-hybridized carbons (Fsp3) is 0.417. The topological polar surface area (TPSA) is 86.8 Å². The molecule has 7 nitrogen and oxygen atoms in total. The van der Waals surface area contributed by atoms with Crippen molar-refractivity contribution in [2.45, 2.75) is 46.2 Å². The van der Waals surface area contributed by atoms with E-state index in [4.69, 9.17) is 0 Å². The van der Waals surface area contributed by atoms with E-state index in [9.17, 15) is 22.4 Å². The van der Waals surface area contributed by atoms with Crippen molar-refractivity contribution < 1.29 is 22.4 Å². The van der Waals surface area contributed by atoms with Crippen molar-refractivity contribution in [1.29, 1.82) is 0 Å². The number of anilines is 1. The van der Waals surface area contributed by atoms with Gasteiger partial charge >= 0.3 is 0 Å². The highest BCUT2D eigenvalue weighted by molar-refractivity contribution is 7.92. The van der Waals surface area contributed by atoms with Crippen LogP contribution in [-0.4, -0.2) is 50.5 Å². The summed E-state index contributed by atoms with van der Waals surface area (Å²) in [5, 5.41) is 2.82. The summed E-state index contributed by atoms with van der Waals surface area (Å²) in [5.41, 5.74) is 1.57. The number of hydrogen-bond donors (Lipinski definition) is 1. The van der Waals surface area contributed by atoms with E-state index in [0.29, 0.717) is 6.54 Å². The standard InChI is InChI=1S/C24H32FN3O4S/c1-5-6-14-26-24(30)19(3)27(16-20-11-9-10-18(2)15-20)23(29)17-28(33(4,31)32)22-13-8-7-12-21(22)25/h7-13,15,19H,5-6,14,16-17H2,1-4H3,(H,26,30). The number of nitrogens with one attached hydrogen (secondary N) is 1. The Kier molecular flexibility index (Phi) is 9.40. The number of rotatable bonds is 11. The van der Waals surface area contributed by atoms with Gasteiger partial charge in [0.1, 0.15) is 18.4 Å². The lowest BCUT2D eigenvalue weighted by Gasteiger charge is -2.31. The first-order chi connectivity index (χ1) is 15.5. The van der Waals surface area contributed by atoms with Gasteiger partial charge in [-0.25, -0.2) is 12.8 Å². The summed E-state index contributed by atoms with van der Waals surface area (Å²) in [6.07, 6.45) is 2.63. The van der Waals surface area contributed by atoms with Gasteiger partial charge in [-0.3, -0.25) is 13.9 Å². The van der Waals surface area contributed by atoms with Crippen LogP contribution < -0.4 is 9.62 Å². The van der Waals surface area contributed by atoms with E-state index in [1.807, 2.05) is 38.1 Å². The molecule has 0 heterocycles. The maximum absolute atomic E-state index is 14.4. The molecule has 0 spiro atoms. The first kappa shape index (κ1) is 26.3. The number of para-hydroxylation sites is 1. The predicted octanol–water partition coefficient (Wildman–Crippen LogP) is 3.23. The number of hydrogen-bond acceptors (Lipinski definition) is 4. The minimum Gasteiger partial charge on any atom is -0.354 e. The Bertz CT molecular complexity index is 1070. The summed E-state index contributed by atoms with van der Waals surface area (Å²) >= 11 is 0. The van der Waals surface area contributed by atoms with E-state index >= 15 is 0 Å². The van der Waals surface area contributed by atoms with Crippen molar-refractivity contribution >= 4 is 27.5 Å². The lowest BCUT2D eigenvalue weighted by molar-refractivity contribution is -0.139. The third kappa shape index (κ3) is 7.56. The minimum atomic E-state index is -3.97. The number of aryl methyl sites for hydroxylation is 1. The molecule has 0 aliphatic rings. The van der Waals surface area contributed by atoms with Crippen molar-refractivity contribution in [3.63, 3.8) is 0 Å². The average molecular weight is 478 g/mol. The smallest absolute Gasteiger partial charge is 0.244 e. The van der Waals surface area contributed by atoms with Crippen LogP contribution in [0.2, 0.25) is 0 Å². The molecule has 1 N–H and O–H groups in total. The molecule has 1 unspecified atom stereocenters. The van der Waals surface area contributed by atoms with Crippen molar-refractivity contribution in [3.05, 3.63) is 65.5 Å². The van der Waals surface area contributed by atoms with Gasteiger partial charge in [0.15, 0.2) is 0 Å². The normalized spacial score (nSPS) is 12.2. The monoisotopic (exact) mass is 477 g/mol. The molecule has 2 amide bonds. The summed E-state index contributed by atoms with van der Waals surface area (Å²) < 4.78 is 40.0. The Morgan fingerprint density at radius 1 is 1.12 bits per heavy atom. The van der Waals surface area contributed by atoms with Crippen molar-refractivity contribution in [1.82, 2.24) is 10.2 Å². The number of benzene rings is 2. The number of halogens is 1. The van der Waals surface area contributed by atoms with E-state index in [2.05, 4.69) is 5.32 Å². The molecule has 0 bridgehead atoms. The third-order valence-corrected chi connectivity index (χ3v) is 6.36. The largest absolute Gasteiger partial charge is 0.354 e. The lowest BCUT2D eigenvalue weighted by atomic mass is 10.1. The van der Waals surface area contributed by atoms with Crippen molar-refractivity contribution in [2.75, 3.05) is 23.7 Å². The zero-order valence-electron chi connectivity index (χ0n) is 19.5. The highest BCUT2D eigenvalue weighted by Gasteiger charge is 2.30. The minimum absolute atomic E-state index is 0.109. The zero-order chi connectivity index (χ0) is 24.6. The first-order valence-electron chi connectivity index (χ1n) is 10.9. The molecule has 180 valence electrons. The Labute approximate surface area is 195 Å². The van der Waals surface area contributed by atoms with Crippen molar-refractivity contribution in [2.24, 2.45) is 0 Å². The molecule has 2 aromatic rings. The number of carbonyl (C=O) groups excluding carboxylic acids is 2. The molecular weight excluding hydrogens is 445 g/mol. The number of nitrogens with zero attached hydrogens (tertiary/aromatic N) is 2. The van der Waals surface area contributed by atoms with Crippen LogP contribution in [0.5, 0.6) is 0 Å². The molecule has 33 heavy (non-hydrogen) atoms. The third-order valence-electron chi connectivity index (χ3n) is 5.23. The van der Waals surface area contributed by atoms with Crippen LogP contribution in [0.25, 0.3) is 0 Å². The lowest BCUT2D eigenvalue weighted by Crippen LogP contribution is -2.51. The van der Waals surface area contributed by atoms with Crippen LogP contribution >= 0.6 is 0 Å². The van der Waals surface area contributed by atoms with E-state index in [-0.39, 0.29) is 18.1 Å². The molecule has 0 radical (unpaired) electrons. The van der Waals surface area contributed by atoms with Crippen LogP contribution in [0, 0.1) is 12.7 Å².